The second-order valence-corrected chi connectivity index (χ2v) is 7.56. The molecule has 0 radical (unpaired) electrons. The first-order chi connectivity index (χ1) is 11.9. The van der Waals surface area contributed by atoms with Gasteiger partial charge in [-0.3, -0.25) is 14.7 Å². The molecule has 1 heterocycles. The van der Waals surface area contributed by atoms with Gasteiger partial charge in [-0.05, 0) is 52.9 Å². The summed E-state index contributed by atoms with van der Waals surface area (Å²) in [5.74, 6) is 1.65. The maximum absolute atomic E-state index is 11.5. The Balaban J connectivity index is 2.32. The van der Waals surface area contributed by atoms with E-state index in [-0.39, 0.29) is 5.91 Å². The van der Waals surface area contributed by atoms with Crippen molar-refractivity contribution >= 4 is 11.9 Å². The summed E-state index contributed by atoms with van der Waals surface area (Å²) in [4.78, 5) is 20.8. The molecule has 0 aromatic carbocycles. The Bertz CT molecular complexity index is 406. The highest BCUT2D eigenvalue weighted by Crippen LogP contribution is 2.20. The van der Waals surface area contributed by atoms with Crippen LogP contribution in [0.1, 0.15) is 53.4 Å². The van der Waals surface area contributed by atoms with Gasteiger partial charge in [-0.25, -0.2) is 0 Å². The molecule has 0 bridgehead atoms. The van der Waals surface area contributed by atoms with Crippen LogP contribution in [0.15, 0.2) is 4.99 Å². The number of guanidine groups is 1. The van der Waals surface area contributed by atoms with Crippen molar-refractivity contribution in [2.45, 2.75) is 65.5 Å². The summed E-state index contributed by atoms with van der Waals surface area (Å²) in [6, 6.07) is 1.16. The summed E-state index contributed by atoms with van der Waals surface area (Å²) >= 11 is 0. The summed E-state index contributed by atoms with van der Waals surface area (Å²) in [6.07, 6.45) is 3.88. The van der Waals surface area contributed by atoms with Gasteiger partial charge in [0.1, 0.15) is 0 Å². The Morgan fingerprint density at radius 1 is 1.20 bits per heavy atom. The molecule has 6 heteroatoms. The lowest BCUT2D eigenvalue weighted by atomic mass is 9.93. The summed E-state index contributed by atoms with van der Waals surface area (Å²) in [7, 11) is 3.57. The van der Waals surface area contributed by atoms with E-state index < -0.39 is 0 Å². The molecular weight excluding hydrogens is 314 g/mol. The molecule has 0 aromatic heterocycles. The van der Waals surface area contributed by atoms with Gasteiger partial charge in [-0.1, -0.05) is 0 Å². The second kappa shape index (κ2) is 11.3. The van der Waals surface area contributed by atoms with E-state index >= 15 is 0 Å². The first-order valence-electron chi connectivity index (χ1n) is 9.80. The van der Waals surface area contributed by atoms with E-state index in [9.17, 15) is 4.79 Å². The van der Waals surface area contributed by atoms with Crippen molar-refractivity contribution < 1.29 is 4.79 Å². The lowest BCUT2D eigenvalue weighted by Gasteiger charge is -2.34. The van der Waals surface area contributed by atoms with E-state index in [1.165, 1.54) is 0 Å². The van der Waals surface area contributed by atoms with E-state index in [4.69, 9.17) is 0 Å². The molecule has 0 aliphatic carbocycles. The predicted octanol–water partition coefficient (Wildman–Crippen LogP) is 1.92. The van der Waals surface area contributed by atoms with E-state index in [2.05, 4.69) is 53.1 Å². The third-order valence-electron chi connectivity index (χ3n) is 5.08. The third-order valence-corrected chi connectivity index (χ3v) is 5.08. The fraction of sp³-hybridized carbons (Fsp3) is 0.895. The standard InChI is InChI=1S/C19H39N5O/c1-15(2)24(16(3)4)11-7-10-22-19(21-6)23-12-8-17(9-13-23)14-18(25)20-5/h15-17H,7-14H2,1-6H3,(H,20,25)(H,21,22). The first kappa shape index (κ1) is 21.7. The van der Waals surface area contributed by atoms with Gasteiger partial charge in [0, 0.05) is 58.8 Å². The SMILES string of the molecule is CN=C(NCCCN(C(C)C)C(C)C)N1CCC(CC(=O)NC)CC1. The van der Waals surface area contributed by atoms with Crippen LogP contribution in [-0.4, -0.2) is 74.0 Å². The van der Waals surface area contributed by atoms with Gasteiger partial charge in [0.25, 0.3) is 0 Å². The summed E-state index contributed by atoms with van der Waals surface area (Å²) < 4.78 is 0. The first-order valence-corrected chi connectivity index (χ1v) is 9.80. The Hall–Kier alpha value is -1.30. The van der Waals surface area contributed by atoms with Gasteiger partial charge < -0.3 is 15.5 Å². The molecule has 0 aromatic rings. The van der Waals surface area contributed by atoms with E-state index in [0.29, 0.717) is 24.4 Å². The monoisotopic (exact) mass is 353 g/mol. The van der Waals surface area contributed by atoms with E-state index in [1.54, 1.807) is 7.05 Å². The molecule has 1 aliphatic heterocycles. The molecule has 1 aliphatic rings. The number of carbonyl (C=O) groups is 1. The second-order valence-electron chi connectivity index (χ2n) is 7.56. The molecular formula is C19H39N5O. The number of piperidine rings is 1. The van der Waals surface area contributed by atoms with Gasteiger partial charge in [-0.2, -0.15) is 0 Å². The van der Waals surface area contributed by atoms with Crippen molar-refractivity contribution in [1.82, 2.24) is 20.4 Å². The number of nitrogens with zero attached hydrogens (tertiary/aromatic N) is 3. The molecule has 1 rings (SSSR count). The van der Waals surface area contributed by atoms with Crippen LogP contribution in [0.3, 0.4) is 0 Å². The van der Waals surface area contributed by atoms with Crippen LogP contribution in [0.4, 0.5) is 0 Å². The maximum atomic E-state index is 11.5. The fourth-order valence-corrected chi connectivity index (χ4v) is 3.62. The third kappa shape index (κ3) is 7.63. The van der Waals surface area contributed by atoms with Crippen LogP contribution in [0, 0.1) is 5.92 Å². The Morgan fingerprint density at radius 3 is 2.28 bits per heavy atom. The summed E-state index contributed by atoms with van der Waals surface area (Å²) in [5.41, 5.74) is 0. The highest BCUT2D eigenvalue weighted by Gasteiger charge is 2.23. The van der Waals surface area contributed by atoms with Crippen molar-refractivity contribution in [1.29, 1.82) is 0 Å². The van der Waals surface area contributed by atoms with Crippen molar-refractivity contribution in [3.63, 3.8) is 0 Å². The predicted molar refractivity (Wildman–Crippen MR) is 106 cm³/mol. The van der Waals surface area contributed by atoms with E-state index in [0.717, 1.165) is 51.4 Å². The van der Waals surface area contributed by atoms with Gasteiger partial charge in [-0.15, -0.1) is 0 Å². The lowest BCUT2D eigenvalue weighted by Crippen LogP contribution is -2.47. The molecule has 1 saturated heterocycles. The molecule has 2 N–H and O–H groups in total. The quantitative estimate of drug-likeness (QED) is 0.398. The normalized spacial score (nSPS) is 16.8. The number of amides is 1. The van der Waals surface area contributed by atoms with Crippen LogP contribution in [-0.2, 0) is 4.79 Å². The van der Waals surface area contributed by atoms with Gasteiger partial charge in [0.2, 0.25) is 5.91 Å². The molecule has 0 saturated carbocycles. The minimum atomic E-state index is 0.154. The van der Waals surface area contributed by atoms with Crippen LogP contribution in [0.25, 0.3) is 0 Å². The van der Waals surface area contributed by atoms with Crippen molar-refractivity contribution in [3.8, 4) is 0 Å². The smallest absolute Gasteiger partial charge is 0.220 e. The van der Waals surface area contributed by atoms with Crippen molar-refractivity contribution in [3.05, 3.63) is 0 Å². The van der Waals surface area contributed by atoms with Crippen LogP contribution < -0.4 is 10.6 Å². The molecule has 0 unspecified atom stereocenters. The number of likely N-dealkylation sites (tertiary alicyclic amines) is 1. The largest absolute Gasteiger partial charge is 0.359 e. The van der Waals surface area contributed by atoms with Crippen molar-refractivity contribution in [2.24, 2.45) is 10.9 Å². The number of hydrogen-bond donors (Lipinski definition) is 2. The lowest BCUT2D eigenvalue weighted by molar-refractivity contribution is -0.121. The van der Waals surface area contributed by atoms with Crippen LogP contribution in [0.5, 0.6) is 0 Å². The molecule has 0 atom stereocenters. The number of rotatable bonds is 8. The highest BCUT2D eigenvalue weighted by atomic mass is 16.1. The fourth-order valence-electron chi connectivity index (χ4n) is 3.62. The van der Waals surface area contributed by atoms with Gasteiger partial charge >= 0.3 is 0 Å². The van der Waals surface area contributed by atoms with Gasteiger partial charge in [0.15, 0.2) is 5.96 Å². The average Bonchev–Trinajstić information content (AvgIpc) is 2.58. The number of carbonyl (C=O) groups excluding carboxylic acids is 1. The van der Waals surface area contributed by atoms with Crippen LogP contribution >= 0.6 is 0 Å². The van der Waals surface area contributed by atoms with E-state index in [1.807, 2.05) is 7.05 Å². The van der Waals surface area contributed by atoms with Crippen LogP contribution in [0.2, 0.25) is 0 Å². The zero-order chi connectivity index (χ0) is 18.8. The van der Waals surface area contributed by atoms with Gasteiger partial charge in [0.05, 0.1) is 0 Å². The maximum Gasteiger partial charge on any atom is 0.220 e. The molecule has 1 amide bonds. The number of aliphatic imine (C=N–C) groups is 1. The summed E-state index contributed by atoms with van der Waals surface area (Å²) in [6.45, 7) is 13.0. The number of hydrogen-bond acceptors (Lipinski definition) is 3. The molecule has 1 fully saturated rings. The minimum absolute atomic E-state index is 0.154. The zero-order valence-corrected chi connectivity index (χ0v) is 17.1. The zero-order valence-electron chi connectivity index (χ0n) is 17.1. The molecule has 6 nitrogen and oxygen atoms in total. The molecule has 146 valence electrons. The highest BCUT2D eigenvalue weighted by molar-refractivity contribution is 5.80. The average molecular weight is 354 g/mol. The Kier molecular flexibility index (Phi) is 9.86. The minimum Gasteiger partial charge on any atom is -0.359 e. The number of nitrogens with one attached hydrogen (secondary N) is 2. The molecule has 0 spiro atoms. The Labute approximate surface area is 154 Å². The summed E-state index contributed by atoms with van der Waals surface area (Å²) in [5, 5.41) is 6.23. The topological polar surface area (TPSA) is 60.0 Å². The Morgan fingerprint density at radius 2 is 1.80 bits per heavy atom. The molecule has 25 heavy (non-hydrogen) atoms. The van der Waals surface area contributed by atoms with Crippen molar-refractivity contribution in [2.75, 3.05) is 40.3 Å².